The summed E-state index contributed by atoms with van der Waals surface area (Å²) in [6, 6.07) is 18.1. The molecule has 1 aliphatic heterocycles. The summed E-state index contributed by atoms with van der Waals surface area (Å²) in [4.78, 5) is 2.64. The lowest BCUT2D eigenvalue weighted by atomic mass is 9.64. The normalized spacial score (nSPS) is 19.5. The van der Waals surface area contributed by atoms with Crippen LogP contribution < -0.4 is 0 Å². The standard InChI is InChI=1S/C22H27N.ClH/c1-18-9-10-21-20(16-18)8-5-11-22(21)12-14-23(15-13-22)17-19-6-3-2-4-7-19;/h2-4,6-7,9-10,16H,5,8,11-15,17H2,1H3;1H. The Morgan fingerprint density at radius 1 is 0.958 bits per heavy atom. The molecule has 0 N–H and O–H groups in total. The number of rotatable bonds is 2. The third-order valence-electron chi connectivity index (χ3n) is 6.00. The average Bonchev–Trinajstić information content (AvgIpc) is 2.58. The molecule has 1 nitrogen and oxygen atoms in total. The van der Waals surface area contributed by atoms with Crippen molar-refractivity contribution < 1.29 is 0 Å². The first kappa shape index (κ1) is 17.5. The second kappa shape index (κ2) is 7.29. The van der Waals surface area contributed by atoms with Gasteiger partial charge in [-0.15, -0.1) is 12.4 Å². The Labute approximate surface area is 152 Å². The van der Waals surface area contributed by atoms with Crippen LogP contribution in [0.15, 0.2) is 48.5 Å². The van der Waals surface area contributed by atoms with Gasteiger partial charge in [0.1, 0.15) is 0 Å². The molecule has 1 aliphatic carbocycles. The van der Waals surface area contributed by atoms with Crippen molar-refractivity contribution in [2.24, 2.45) is 0 Å². The highest BCUT2D eigenvalue weighted by Gasteiger charge is 2.39. The molecule has 0 atom stereocenters. The Morgan fingerprint density at radius 2 is 1.71 bits per heavy atom. The van der Waals surface area contributed by atoms with Gasteiger partial charge in [0, 0.05) is 6.54 Å². The summed E-state index contributed by atoms with van der Waals surface area (Å²) >= 11 is 0. The van der Waals surface area contributed by atoms with Crippen LogP contribution in [-0.2, 0) is 18.4 Å². The lowest BCUT2D eigenvalue weighted by Gasteiger charge is -2.45. The molecule has 24 heavy (non-hydrogen) atoms. The molecule has 1 spiro atoms. The van der Waals surface area contributed by atoms with Gasteiger partial charge in [-0.25, -0.2) is 0 Å². The highest BCUT2D eigenvalue weighted by Crippen LogP contribution is 2.45. The van der Waals surface area contributed by atoms with Crippen LogP contribution in [0.25, 0.3) is 0 Å². The van der Waals surface area contributed by atoms with E-state index in [1.807, 2.05) is 0 Å². The Bertz CT molecular complexity index is 672. The maximum absolute atomic E-state index is 2.64. The molecule has 0 radical (unpaired) electrons. The second-order valence-corrected chi connectivity index (χ2v) is 7.56. The minimum atomic E-state index is 0. The van der Waals surface area contributed by atoms with E-state index in [9.17, 15) is 0 Å². The number of halogens is 1. The number of piperidine rings is 1. The van der Waals surface area contributed by atoms with Gasteiger partial charge in [-0.3, -0.25) is 4.90 Å². The lowest BCUT2D eigenvalue weighted by molar-refractivity contribution is 0.139. The molecule has 0 amide bonds. The molecule has 4 rings (SSSR count). The maximum Gasteiger partial charge on any atom is 0.0233 e. The first-order valence-electron chi connectivity index (χ1n) is 9.12. The third kappa shape index (κ3) is 3.38. The van der Waals surface area contributed by atoms with Gasteiger partial charge in [-0.2, -0.15) is 0 Å². The molecule has 128 valence electrons. The molecule has 0 bridgehead atoms. The van der Waals surface area contributed by atoms with E-state index in [0.29, 0.717) is 5.41 Å². The van der Waals surface area contributed by atoms with Crippen molar-refractivity contribution in [2.45, 2.75) is 51.0 Å². The smallest absolute Gasteiger partial charge is 0.0233 e. The highest BCUT2D eigenvalue weighted by atomic mass is 35.5. The van der Waals surface area contributed by atoms with Gasteiger partial charge in [-0.05, 0) is 74.2 Å². The Balaban J connectivity index is 0.00000169. The topological polar surface area (TPSA) is 3.24 Å². The fourth-order valence-corrected chi connectivity index (χ4v) is 4.70. The molecular weight excluding hydrogens is 314 g/mol. The summed E-state index contributed by atoms with van der Waals surface area (Å²) in [7, 11) is 0. The lowest BCUT2D eigenvalue weighted by Crippen LogP contribution is -2.44. The number of benzene rings is 2. The van der Waals surface area contributed by atoms with Crippen molar-refractivity contribution in [3.63, 3.8) is 0 Å². The van der Waals surface area contributed by atoms with Crippen molar-refractivity contribution in [3.05, 3.63) is 70.8 Å². The largest absolute Gasteiger partial charge is 0.299 e. The van der Waals surface area contributed by atoms with Crippen LogP contribution in [0.4, 0.5) is 0 Å². The Kier molecular flexibility index (Phi) is 5.32. The molecule has 1 heterocycles. The van der Waals surface area contributed by atoms with Gasteiger partial charge in [-0.1, -0.05) is 54.1 Å². The summed E-state index contributed by atoms with van der Waals surface area (Å²) in [5, 5.41) is 0. The van der Waals surface area contributed by atoms with Crippen molar-refractivity contribution >= 4 is 12.4 Å². The predicted molar refractivity (Wildman–Crippen MR) is 104 cm³/mol. The minimum absolute atomic E-state index is 0. The summed E-state index contributed by atoms with van der Waals surface area (Å²) < 4.78 is 0. The van der Waals surface area contributed by atoms with E-state index >= 15 is 0 Å². The first-order valence-corrected chi connectivity index (χ1v) is 9.12. The van der Waals surface area contributed by atoms with Crippen molar-refractivity contribution in [1.82, 2.24) is 4.90 Å². The number of aryl methyl sites for hydroxylation is 2. The molecule has 2 aromatic carbocycles. The summed E-state index contributed by atoms with van der Waals surface area (Å²) in [5.41, 5.74) is 6.64. The molecule has 2 heteroatoms. The summed E-state index contributed by atoms with van der Waals surface area (Å²) in [6.07, 6.45) is 6.70. The molecule has 1 saturated heterocycles. The zero-order chi connectivity index (χ0) is 15.7. The number of likely N-dealkylation sites (tertiary alicyclic amines) is 1. The molecule has 2 aliphatic rings. The zero-order valence-electron chi connectivity index (χ0n) is 14.6. The van der Waals surface area contributed by atoms with Crippen molar-refractivity contribution in [3.8, 4) is 0 Å². The van der Waals surface area contributed by atoms with Crippen LogP contribution in [0, 0.1) is 6.92 Å². The number of hydrogen-bond acceptors (Lipinski definition) is 1. The molecule has 0 aromatic heterocycles. The van der Waals surface area contributed by atoms with Gasteiger partial charge in [0.15, 0.2) is 0 Å². The van der Waals surface area contributed by atoms with Gasteiger partial charge < -0.3 is 0 Å². The molecule has 2 aromatic rings. The average molecular weight is 342 g/mol. The summed E-state index contributed by atoms with van der Waals surface area (Å²) in [5.74, 6) is 0. The van der Waals surface area contributed by atoms with Gasteiger partial charge in [0.25, 0.3) is 0 Å². The predicted octanol–water partition coefficient (Wildman–Crippen LogP) is 5.29. The SMILES string of the molecule is Cc1ccc2c(c1)CCCC21CCN(Cc2ccccc2)CC1.Cl. The fraction of sp³-hybridized carbons (Fsp3) is 0.455. The fourth-order valence-electron chi connectivity index (χ4n) is 4.70. The van der Waals surface area contributed by atoms with Crippen molar-refractivity contribution in [1.29, 1.82) is 0 Å². The van der Waals surface area contributed by atoms with E-state index in [-0.39, 0.29) is 12.4 Å². The van der Waals surface area contributed by atoms with Crippen LogP contribution in [0.1, 0.15) is 47.9 Å². The van der Waals surface area contributed by atoms with Crippen LogP contribution in [0.3, 0.4) is 0 Å². The Hall–Kier alpha value is -1.31. The van der Waals surface area contributed by atoms with E-state index in [0.717, 1.165) is 6.54 Å². The molecule has 0 unspecified atom stereocenters. The van der Waals surface area contributed by atoms with Crippen molar-refractivity contribution in [2.75, 3.05) is 13.1 Å². The Morgan fingerprint density at radius 3 is 2.46 bits per heavy atom. The number of nitrogens with zero attached hydrogens (tertiary/aromatic N) is 1. The maximum atomic E-state index is 2.64. The highest BCUT2D eigenvalue weighted by molar-refractivity contribution is 5.85. The molecular formula is C22H28ClN. The van der Waals surface area contributed by atoms with Crippen LogP contribution >= 0.6 is 12.4 Å². The summed E-state index contributed by atoms with van der Waals surface area (Å²) in [6.45, 7) is 5.81. The quantitative estimate of drug-likeness (QED) is 0.717. The van der Waals surface area contributed by atoms with Crippen LogP contribution in [-0.4, -0.2) is 18.0 Å². The second-order valence-electron chi connectivity index (χ2n) is 7.56. The molecule has 0 saturated carbocycles. The van der Waals surface area contributed by atoms with Gasteiger partial charge >= 0.3 is 0 Å². The van der Waals surface area contributed by atoms with Gasteiger partial charge in [0.2, 0.25) is 0 Å². The van der Waals surface area contributed by atoms with E-state index in [1.54, 1.807) is 11.1 Å². The minimum Gasteiger partial charge on any atom is -0.299 e. The van der Waals surface area contributed by atoms with E-state index < -0.39 is 0 Å². The monoisotopic (exact) mass is 341 g/mol. The first-order chi connectivity index (χ1) is 11.3. The van der Waals surface area contributed by atoms with E-state index in [2.05, 4.69) is 60.4 Å². The number of fused-ring (bicyclic) bond motifs is 2. The van der Waals surface area contributed by atoms with Crippen LogP contribution in [0.2, 0.25) is 0 Å². The van der Waals surface area contributed by atoms with Gasteiger partial charge in [0.05, 0.1) is 0 Å². The third-order valence-corrected chi connectivity index (χ3v) is 6.00. The number of hydrogen-bond donors (Lipinski definition) is 0. The van der Waals surface area contributed by atoms with E-state index in [4.69, 9.17) is 0 Å². The zero-order valence-corrected chi connectivity index (χ0v) is 15.4. The van der Waals surface area contributed by atoms with Crippen LogP contribution in [0.5, 0.6) is 0 Å². The molecule has 1 fully saturated rings. The van der Waals surface area contributed by atoms with E-state index in [1.165, 1.54) is 56.3 Å².